The summed E-state index contributed by atoms with van der Waals surface area (Å²) in [5, 5.41) is 0. The molecule has 0 atom stereocenters. The fourth-order valence-electron chi connectivity index (χ4n) is 1.08. The van der Waals surface area contributed by atoms with E-state index >= 15 is 0 Å². The molecule has 2 nitrogen and oxygen atoms in total. The Balaban J connectivity index is 0.000000302. The Morgan fingerprint density at radius 1 is 1.24 bits per heavy atom. The third-order valence-corrected chi connectivity index (χ3v) is 2.03. The molecule has 0 saturated heterocycles. The van der Waals surface area contributed by atoms with Crippen molar-refractivity contribution < 1.29 is 4.74 Å². The second kappa shape index (κ2) is 11.4. The molecule has 0 aliphatic carbocycles. The molecule has 0 spiro atoms. The summed E-state index contributed by atoms with van der Waals surface area (Å²) < 4.78 is 5.26. The van der Waals surface area contributed by atoms with Gasteiger partial charge in [-0.15, -0.1) is 0 Å². The number of benzene rings is 1. The van der Waals surface area contributed by atoms with Crippen LogP contribution in [-0.4, -0.2) is 32.3 Å². The van der Waals surface area contributed by atoms with Crippen LogP contribution in [0.2, 0.25) is 0 Å². The maximum Gasteiger partial charge on any atom is 0.0985 e. The standard InChI is InChI=1S/C8H8.C7H17NO/c1-2-8-6-4-3-5-7-8;1-4-5-6-9-7-8(2)3/h2-7H,1H2;4-7H2,1-3H3. The molecule has 1 rings (SSSR count). The van der Waals surface area contributed by atoms with Gasteiger partial charge in [0.15, 0.2) is 0 Å². The van der Waals surface area contributed by atoms with Crippen LogP contribution in [0.5, 0.6) is 0 Å². The molecule has 0 fully saturated rings. The molecule has 1 aromatic carbocycles. The smallest absolute Gasteiger partial charge is 0.0985 e. The van der Waals surface area contributed by atoms with E-state index in [-0.39, 0.29) is 0 Å². The van der Waals surface area contributed by atoms with Crippen LogP contribution < -0.4 is 0 Å². The van der Waals surface area contributed by atoms with Gasteiger partial charge in [-0.25, -0.2) is 0 Å². The molecule has 0 aliphatic heterocycles. The number of hydrogen-bond donors (Lipinski definition) is 0. The minimum atomic E-state index is 0.750. The molecule has 0 saturated carbocycles. The average molecular weight is 235 g/mol. The van der Waals surface area contributed by atoms with Gasteiger partial charge < -0.3 is 4.74 Å². The van der Waals surface area contributed by atoms with E-state index in [1.807, 2.05) is 55.4 Å². The highest BCUT2D eigenvalue weighted by Crippen LogP contribution is 1.97. The van der Waals surface area contributed by atoms with Crippen molar-refractivity contribution in [1.82, 2.24) is 4.90 Å². The van der Waals surface area contributed by atoms with Crippen LogP contribution in [0.4, 0.5) is 0 Å². The van der Waals surface area contributed by atoms with E-state index in [1.54, 1.807) is 0 Å². The van der Waals surface area contributed by atoms with Crippen molar-refractivity contribution >= 4 is 6.08 Å². The van der Waals surface area contributed by atoms with Crippen LogP contribution in [0.1, 0.15) is 25.3 Å². The van der Waals surface area contributed by atoms with Crippen molar-refractivity contribution in [2.45, 2.75) is 19.8 Å². The first-order chi connectivity index (χ1) is 8.20. The van der Waals surface area contributed by atoms with E-state index in [9.17, 15) is 0 Å². The van der Waals surface area contributed by atoms with Gasteiger partial charge in [0, 0.05) is 6.61 Å². The van der Waals surface area contributed by atoms with Crippen LogP contribution in [0, 0.1) is 0 Å². The Morgan fingerprint density at radius 3 is 2.29 bits per heavy atom. The third kappa shape index (κ3) is 11.1. The third-order valence-electron chi connectivity index (χ3n) is 2.03. The van der Waals surface area contributed by atoms with Gasteiger partial charge >= 0.3 is 0 Å². The van der Waals surface area contributed by atoms with Crippen LogP contribution >= 0.6 is 0 Å². The van der Waals surface area contributed by atoms with E-state index in [2.05, 4.69) is 13.5 Å². The van der Waals surface area contributed by atoms with E-state index in [1.165, 1.54) is 18.4 Å². The number of ether oxygens (including phenoxy) is 1. The normalized spacial score (nSPS) is 9.65. The molecule has 0 heterocycles. The number of rotatable bonds is 6. The fourth-order valence-corrected chi connectivity index (χ4v) is 1.08. The molecule has 96 valence electrons. The Hall–Kier alpha value is -1.12. The average Bonchev–Trinajstić information content (AvgIpc) is 2.36. The minimum absolute atomic E-state index is 0.750. The summed E-state index contributed by atoms with van der Waals surface area (Å²) in [7, 11) is 4.01. The summed E-state index contributed by atoms with van der Waals surface area (Å²) in [6.07, 6.45) is 4.22. The molecule has 0 N–H and O–H groups in total. The van der Waals surface area contributed by atoms with Crippen molar-refractivity contribution in [1.29, 1.82) is 0 Å². The van der Waals surface area contributed by atoms with Crippen molar-refractivity contribution in [3.05, 3.63) is 42.5 Å². The molecule has 0 bridgehead atoms. The van der Waals surface area contributed by atoms with Gasteiger partial charge in [0.2, 0.25) is 0 Å². The summed E-state index contributed by atoms with van der Waals surface area (Å²) in [6.45, 7) is 7.44. The van der Waals surface area contributed by atoms with Gasteiger partial charge in [0.05, 0.1) is 6.73 Å². The quantitative estimate of drug-likeness (QED) is 0.551. The van der Waals surface area contributed by atoms with Crippen LogP contribution in [-0.2, 0) is 4.74 Å². The summed E-state index contributed by atoms with van der Waals surface area (Å²) >= 11 is 0. The molecular weight excluding hydrogens is 210 g/mol. The molecule has 0 unspecified atom stereocenters. The molecule has 0 aromatic heterocycles. The van der Waals surface area contributed by atoms with Gasteiger partial charge in [0.25, 0.3) is 0 Å². The van der Waals surface area contributed by atoms with Crippen LogP contribution in [0.25, 0.3) is 6.08 Å². The van der Waals surface area contributed by atoms with Crippen LogP contribution in [0.15, 0.2) is 36.9 Å². The highest BCUT2D eigenvalue weighted by molar-refractivity contribution is 5.45. The van der Waals surface area contributed by atoms with Crippen molar-refractivity contribution in [3.8, 4) is 0 Å². The zero-order valence-electron chi connectivity index (χ0n) is 11.4. The first-order valence-corrected chi connectivity index (χ1v) is 6.10. The first-order valence-electron chi connectivity index (χ1n) is 6.10. The summed E-state index contributed by atoms with van der Waals surface area (Å²) in [6, 6.07) is 10.0. The zero-order chi connectivity index (χ0) is 12.9. The molecule has 0 aliphatic rings. The Kier molecular flexibility index (Phi) is 10.6. The molecule has 0 radical (unpaired) electrons. The highest BCUT2D eigenvalue weighted by Gasteiger charge is 1.87. The van der Waals surface area contributed by atoms with E-state index in [0.717, 1.165) is 13.3 Å². The minimum Gasteiger partial charge on any atom is -0.366 e. The van der Waals surface area contributed by atoms with Gasteiger partial charge in [-0.1, -0.05) is 56.3 Å². The molecule has 2 heteroatoms. The van der Waals surface area contributed by atoms with Crippen LogP contribution in [0.3, 0.4) is 0 Å². The lowest BCUT2D eigenvalue weighted by atomic mass is 10.2. The molecule has 0 amide bonds. The van der Waals surface area contributed by atoms with Gasteiger partial charge in [0.1, 0.15) is 0 Å². The highest BCUT2D eigenvalue weighted by atomic mass is 16.5. The lowest BCUT2D eigenvalue weighted by Crippen LogP contribution is -2.16. The van der Waals surface area contributed by atoms with E-state index in [0.29, 0.717) is 0 Å². The molecule has 1 aromatic rings. The molecule has 17 heavy (non-hydrogen) atoms. The predicted octanol–water partition coefficient (Wildman–Crippen LogP) is 3.65. The summed E-state index contributed by atoms with van der Waals surface area (Å²) in [5.41, 5.74) is 1.17. The Bertz CT molecular complexity index is 270. The summed E-state index contributed by atoms with van der Waals surface area (Å²) in [4.78, 5) is 2.02. The second-order valence-corrected chi connectivity index (χ2v) is 4.09. The number of hydrogen-bond acceptors (Lipinski definition) is 2. The number of nitrogens with zero attached hydrogens (tertiary/aromatic N) is 1. The largest absolute Gasteiger partial charge is 0.366 e. The SMILES string of the molecule is C=Cc1ccccc1.CCCCOCN(C)C. The Labute approximate surface area is 106 Å². The van der Waals surface area contributed by atoms with Crippen molar-refractivity contribution in [3.63, 3.8) is 0 Å². The lowest BCUT2D eigenvalue weighted by molar-refractivity contribution is 0.0546. The predicted molar refractivity (Wildman–Crippen MR) is 75.9 cm³/mol. The Morgan fingerprint density at radius 2 is 1.88 bits per heavy atom. The molecular formula is C15H25NO. The van der Waals surface area contributed by atoms with E-state index in [4.69, 9.17) is 4.74 Å². The number of unbranched alkanes of at least 4 members (excludes halogenated alkanes) is 1. The fraction of sp³-hybridized carbons (Fsp3) is 0.467. The van der Waals surface area contributed by atoms with Gasteiger partial charge in [-0.2, -0.15) is 0 Å². The maximum atomic E-state index is 5.26. The van der Waals surface area contributed by atoms with Gasteiger partial charge in [-0.3, -0.25) is 4.90 Å². The van der Waals surface area contributed by atoms with E-state index < -0.39 is 0 Å². The second-order valence-electron chi connectivity index (χ2n) is 4.09. The van der Waals surface area contributed by atoms with Crippen molar-refractivity contribution in [2.75, 3.05) is 27.4 Å². The van der Waals surface area contributed by atoms with Gasteiger partial charge in [-0.05, 0) is 26.1 Å². The maximum absolute atomic E-state index is 5.26. The zero-order valence-corrected chi connectivity index (χ0v) is 11.4. The topological polar surface area (TPSA) is 12.5 Å². The van der Waals surface area contributed by atoms with Crippen molar-refractivity contribution in [2.24, 2.45) is 0 Å². The summed E-state index contributed by atoms with van der Waals surface area (Å²) in [5.74, 6) is 0. The lowest BCUT2D eigenvalue weighted by Gasteiger charge is -2.08. The first kappa shape index (κ1) is 15.9. The monoisotopic (exact) mass is 235 g/mol.